The summed E-state index contributed by atoms with van der Waals surface area (Å²) in [5.74, 6) is 0.305. The molecule has 1 aromatic heterocycles. The van der Waals surface area contributed by atoms with Gasteiger partial charge < -0.3 is 4.90 Å². The maximum atomic E-state index is 12.3. The van der Waals surface area contributed by atoms with E-state index in [1.54, 1.807) is 0 Å². The number of hydrogen-bond donors (Lipinski definition) is 0. The van der Waals surface area contributed by atoms with Crippen molar-refractivity contribution in [2.45, 2.75) is 64.7 Å². The highest BCUT2D eigenvalue weighted by Crippen LogP contribution is 2.19. The number of carbonyl (C=O) groups excluding carboxylic acids is 1. The standard InChI is InChI=1S/C24H32N2O/c1-2-3-5-8-21-11-15-23(25-19-21)22-13-9-20(10-14-22)12-16-24(27)26-17-6-4-7-18-26/h9-11,13-15,19H,2-8,12,16-18H2,1H3. The van der Waals surface area contributed by atoms with Crippen molar-refractivity contribution >= 4 is 5.91 Å². The number of piperidine rings is 1. The first-order valence-corrected chi connectivity index (χ1v) is 10.6. The van der Waals surface area contributed by atoms with Gasteiger partial charge in [0.2, 0.25) is 5.91 Å². The molecule has 1 aromatic carbocycles. The van der Waals surface area contributed by atoms with Crippen molar-refractivity contribution in [3.8, 4) is 11.3 Å². The molecule has 2 heterocycles. The zero-order valence-corrected chi connectivity index (χ0v) is 16.6. The Balaban J connectivity index is 1.51. The van der Waals surface area contributed by atoms with Gasteiger partial charge in [0.1, 0.15) is 0 Å². The number of hydrogen-bond acceptors (Lipinski definition) is 2. The Kier molecular flexibility index (Phi) is 7.44. The van der Waals surface area contributed by atoms with Crippen LogP contribution in [-0.2, 0) is 17.6 Å². The largest absolute Gasteiger partial charge is 0.343 e. The van der Waals surface area contributed by atoms with Crippen LogP contribution in [0.2, 0.25) is 0 Å². The molecule has 1 aliphatic heterocycles. The van der Waals surface area contributed by atoms with E-state index in [0.29, 0.717) is 12.3 Å². The highest BCUT2D eigenvalue weighted by Gasteiger charge is 2.15. The molecule has 3 heteroatoms. The average Bonchev–Trinajstić information content (AvgIpc) is 2.74. The molecule has 0 radical (unpaired) electrons. The number of pyridine rings is 1. The number of aryl methyl sites for hydroxylation is 2. The summed E-state index contributed by atoms with van der Waals surface area (Å²) in [6.45, 7) is 4.12. The van der Waals surface area contributed by atoms with Gasteiger partial charge >= 0.3 is 0 Å². The van der Waals surface area contributed by atoms with Crippen LogP contribution < -0.4 is 0 Å². The van der Waals surface area contributed by atoms with Gasteiger partial charge in [-0.15, -0.1) is 0 Å². The number of carbonyl (C=O) groups is 1. The van der Waals surface area contributed by atoms with E-state index in [1.807, 2.05) is 11.1 Å². The van der Waals surface area contributed by atoms with Gasteiger partial charge in [0.05, 0.1) is 5.69 Å². The fourth-order valence-corrected chi connectivity index (χ4v) is 3.72. The molecular formula is C24H32N2O. The van der Waals surface area contributed by atoms with Crippen molar-refractivity contribution < 1.29 is 4.79 Å². The minimum Gasteiger partial charge on any atom is -0.343 e. The Morgan fingerprint density at radius 2 is 1.67 bits per heavy atom. The van der Waals surface area contributed by atoms with E-state index in [2.05, 4.69) is 48.3 Å². The Morgan fingerprint density at radius 3 is 2.33 bits per heavy atom. The predicted octanol–water partition coefficient (Wildman–Crippen LogP) is 5.43. The maximum Gasteiger partial charge on any atom is 0.222 e. The molecular weight excluding hydrogens is 332 g/mol. The van der Waals surface area contributed by atoms with Gasteiger partial charge in [-0.1, -0.05) is 50.1 Å². The number of aromatic nitrogens is 1. The first-order valence-electron chi connectivity index (χ1n) is 10.6. The third-order valence-corrected chi connectivity index (χ3v) is 5.48. The van der Waals surface area contributed by atoms with Crippen LogP contribution in [0.3, 0.4) is 0 Å². The summed E-state index contributed by atoms with van der Waals surface area (Å²) in [6.07, 6.45) is 11.9. The second kappa shape index (κ2) is 10.2. The lowest BCUT2D eigenvalue weighted by atomic mass is 10.0. The molecule has 1 amide bonds. The topological polar surface area (TPSA) is 33.2 Å². The summed E-state index contributed by atoms with van der Waals surface area (Å²) in [4.78, 5) is 19.0. The minimum atomic E-state index is 0.305. The molecule has 0 spiro atoms. The monoisotopic (exact) mass is 364 g/mol. The molecule has 27 heavy (non-hydrogen) atoms. The van der Waals surface area contributed by atoms with E-state index in [-0.39, 0.29) is 0 Å². The molecule has 144 valence electrons. The Hall–Kier alpha value is -2.16. The Labute approximate surface area is 163 Å². The van der Waals surface area contributed by atoms with Crippen molar-refractivity contribution in [3.05, 3.63) is 53.7 Å². The second-order valence-electron chi connectivity index (χ2n) is 7.65. The van der Waals surface area contributed by atoms with Crippen molar-refractivity contribution in [2.24, 2.45) is 0 Å². The van der Waals surface area contributed by atoms with Gasteiger partial charge in [0.25, 0.3) is 0 Å². The quantitative estimate of drug-likeness (QED) is 0.585. The summed E-state index contributed by atoms with van der Waals surface area (Å²) >= 11 is 0. The molecule has 1 aliphatic rings. The van der Waals surface area contributed by atoms with Crippen LogP contribution in [0, 0.1) is 0 Å². The van der Waals surface area contributed by atoms with Crippen LogP contribution in [0.4, 0.5) is 0 Å². The average molecular weight is 365 g/mol. The number of nitrogens with zero attached hydrogens (tertiary/aromatic N) is 2. The molecule has 3 nitrogen and oxygen atoms in total. The fraction of sp³-hybridized carbons (Fsp3) is 0.500. The van der Waals surface area contributed by atoms with Crippen molar-refractivity contribution in [3.63, 3.8) is 0 Å². The van der Waals surface area contributed by atoms with Gasteiger partial charge in [-0.3, -0.25) is 9.78 Å². The highest BCUT2D eigenvalue weighted by atomic mass is 16.2. The maximum absolute atomic E-state index is 12.3. The van der Waals surface area contributed by atoms with Gasteiger partial charge in [-0.05, 0) is 55.7 Å². The molecule has 0 aliphatic carbocycles. The molecule has 1 fully saturated rings. The molecule has 0 unspecified atom stereocenters. The van der Waals surface area contributed by atoms with Crippen LogP contribution in [0.15, 0.2) is 42.6 Å². The van der Waals surface area contributed by atoms with E-state index in [0.717, 1.165) is 50.0 Å². The minimum absolute atomic E-state index is 0.305. The highest BCUT2D eigenvalue weighted by molar-refractivity contribution is 5.76. The van der Waals surface area contributed by atoms with Crippen molar-refractivity contribution in [1.82, 2.24) is 9.88 Å². The van der Waals surface area contributed by atoms with Crippen LogP contribution in [0.5, 0.6) is 0 Å². The molecule has 3 rings (SSSR count). The summed E-state index contributed by atoms with van der Waals surface area (Å²) in [5.41, 5.74) is 4.70. The molecule has 0 N–H and O–H groups in total. The second-order valence-corrected chi connectivity index (χ2v) is 7.65. The normalized spacial score (nSPS) is 14.3. The van der Waals surface area contributed by atoms with E-state index in [4.69, 9.17) is 0 Å². The first-order chi connectivity index (χ1) is 13.3. The third kappa shape index (κ3) is 5.92. The van der Waals surface area contributed by atoms with Gasteiger partial charge in [-0.2, -0.15) is 0 Å². The van der Waals surface area contributed by atoms with E-state index in [9.17, 15) is 4.79 Å². The van der Waals surface area contributed by atoms with Crippen molar-refractivity contribution in [1.29, 1.82) is 0 Å². The lowest BCUT2D eigenvalue weighted by Crippen LogP contribution is -2.35. The Morgan fingerprint density at radius 1 is 0.926 bits per heavy atom. The van der Waals surface area contributed by atoms with Crippen molar-refractivity contribution in [2.75, 3.05) is 13.1 Å². The molecule has 2 aromatic rings. The van der Waals surface area contributed by atoms with E-state index in [1.165, 1.54) is 36.8 Å². The number of amides is 1. The summed E-state index contributed by atoms with van der Waals surface area (Å²) < 4.78 is 0. The molecule has 0 bridgehead atoms. The zero-order valence-electron chi connectivity index (χ0n) is 16.6. The lowest BCUT2D eigenvalue weighted by Gasteiger charge is -2.26. The summed E-state index contributed by atoms with van der Waals surface area (Å²) in [5, 5.41) is 0. The van der Waals surface area contributed by atoms with Crippen LogP contribution in [-0.4, -0.2) is 28.9 Å². The Bertz CT molecular complexity index is 700. The number of likely N-dealkylation sites (tertiary alicyclic amines) is 1. The smallest absolute Gasteiger partial charge is 0.222 e. The van der Waals surface area contributed by atoms with E-state index >= 15 is 0 Å². The lowest BCUT2D eigenvalue weighted by molar-refractivity contribution is -0.132. The SMILES string of the molecule is CCCCCc1ccc(-c2ccc(CCC(=O)N3CCCCC3)cc2)nc1. The third-order valence-electron chi connectivity index (χ3n) is 5.48. The first kappa shape index (κ1) is 19.6. The van der Waals surface area contributed by atoms with E-state index < -0.39 is 0 Å². The molecule has 1 saturated heterocycles. The van der Waals surface area contributed by atoms with Gasteiger partial charge in [-0.25, -0.2) is 0 Å². The van der Waals surface area contributed by atoms with Crippen LogP contribution >= 0.6 is 0 Å². The predicted molar refractivity (Wildman–Crippen MR) is 112 cm³/mol. The fourth-order valence-electron chi connectivity index (χ4n) is 3.72. The summed E-state index contributed by atoms with van der Waals surface area (Å²) in [6, 6.07) is 12.8. The molecule has 0 saturated carbocycles. The van der Waals surface area contributed by atoms with Gasteiger partial charge in [0.15, 0.2) is 0 Å². The number of unbranched alkanes of at least 4 members (excludes halogenated alkanes) is 2. The summed E-state index contributed by atoms with van der Waals surface area (Å²) in [7, 11) is 0. The number of rotatable bonds is 8. The van der Waals surface area contributed by atoms with Gasteiger partial charge in [0, 0.05) is 31.3 Å². The van der Waals surface area contributed by atoms with Crippen LogP contribution in [0.1, 0.15) is 63.0 Å². The molecule has 0 atom stereocenters. The number of benzene rings is 1. The zero-order chi connectivity index (χ0) is 18.9. The van der Waals surface area contributed by atoms with Crippen LogP contribution in [0.25, 0.3) is 11.3 Å².